The number of nitrogens with zero attached hydrogens (tertiary/aromatic N) is 4. The molecule has 0 radical (unpaired) electrons. The van der Waals surface area contributed by atoms with Gasteiger partial charge in [-0.15, -0.1) is 0 Å². The van der Waals surface area contributed by atoms with Crippen molar-refractivity contribution in [1.82, 2.24) is 24.8 Å². The standard InChI is InChI=1S/C23H28N6O/c30-23(17-6-7-19-21(12-17)26-14-24-19)29-10-8-16(9-11-29)20-13-22(27-15-25-20)28-18-4-2-1-3-5-18/h6-7,12-16,18H,1-5,8-11H2,(H,24,26)(H,25,27,28). The van der Waals surface area contributed by atoms with Gasteiger partial charge in [-0.05, 0) is 43.9 Å². The number of aromatic amines is 1. The molecule has 3 aromatic rings. The minimum Gasteiger partial charge on any atom is -0.367 e. The lowest BCUT2D eigenvalue weighted by Crippen LogP contribution is -2.38. The van der Waals surface area contributed by atoms with Crippen LogP contribution in [-0.4, -0.2) is 49.9 Å². The summed E-state index contributed by atoms with van der Waals surface area (Å²) >= 11 is 0. The third kappa shape index (κ3) is 4.01. The van der Waals surface area contributed by atoms with Crippen LogP contribution in [-0.2, 0) is 0 Å². The molecule has 5 rings (SSSR count). The lowest BCUT2D eigenvalue weighted by molar-refractivity contribution is 0.0712. The molecule has 2 fully saturated rings. The van der Waals surface area contributed by atoms with Crippen LogP contribution in [0.3, 0.4) is 0 Å². The number of amides is 1. The monoisotopic (exact) mass is 404 g/mol. The van der Waals surface area contributed by atoms with Gasteiger partial charge in [0, 0.05) is 42.4 Å². The van der Waals surface area contributed by atoms with Crippen LogP contribution in [0.15, 0.2) is 36.9 Å². The number of rotatable bonds is 4. The fourth-order valence-corrected chi connectivity index (χ4v) is 4.76. The van der Waals surface area contributed by atoms with Crippen LogP contribution in [0.1, 0.15) is 66.9 Å². The Hall–Kier alpha value is -2.96. The summed E-state index contributed by atoms with van der Waals surface area (Å²) in [6.45, 7) is 1.50. The van der Waals surface area contributed by atoms with Crippen molar-refractivity contribution in [3.63, 3.8) is 0 Å². The Morgan fingerprint density at radius 1 is 1.00 bits per heavy atom. The molecule has 3 heterocycles. The number of fused-ring (bicyclic) bond motifs is 1. The molecule has 1 saturated carbocycles. The van der Waals surface area contributed by atoms with E-state index in [1.165, 1.54) is 32.1 Å². The third-order valence-corrected chi connectivity index (χ3v) is 6.51. The van der Waals surface area contributed by atoms with Crippen molar-refractivity contribution in [3.05, 3.63) is 48.2 Å². The maximum Gasteiger partial charge on any atom is 0.253 e. The fraction of sp³-hybridized carbons (Fsp3) is 0.478. The summed E-state index contributed by atoms with van der Waals surface area (Å²) < 4.78 is 0. The van der Waals surface area contributed by atoms with Gasteiger partial charge < -0.3 is 15.2 Å². The molecule has 156 valence electrons. The van der Waals surface area contributed by atoms with Gasteiger partial charge in [-0.3, -0.25) is 4.79 Å². The van der Waals surface area contributed by atoms with E-state index in [0.29, 0.717) is 17.5 Å². The highest BCUT2D eigenvalue weighted by Gasteiger charge is 2.26. The highest BCUT2D eigenvalue weighted by Crippen LogP contribution is 2.29. The van der Waals surface area contributed by atoms with Crippen molar-refractivity contribution in [3.8, 4) is 0 Å². The molecule has 1 aliphatic heterocycles. The molecule has 1 saturated heterocycles. The largest absolute Gasteiger partial charge is 0.367 e. The van der Waals surface area contributed by atoms with E-state index in [1.807, 2.05) is 23.1 Å². The number of imidazole rings is 1. The summed E-state index contributed by atoms with van der Waals surface area (Å²) in [6, 6.07) is 8.31. The Morgan fingerprint density at radius 2 is 1.83 bits per heavy atom. The zero-order valence-corrected chi connectivity index (χ0v) is 17.2. The van der Waals surface area contributed by atoms with Crippen molar-refractivity contribution in [2.45, 2.75) is 56.9 Å². The number of anilines is 1. The number of H-pyrrole nitrogens is 1. The molecule has 0 unspecified atom stereocenters. The summed E-state index contributed by atoms with van der Waals surface area (Å²) in [6.07, 6.45) is 11.6. The topological polar surface area (TPSA) is 86.8 Å². The van der Waals surface area contributed by atoms with E-state index in [0.717, 1.165) is 48.5 Å². The van der Waals surface area contributed by atoms with Crippen molar-refractivity contribution >= 4 is 22.8 Å². The van der Waals surface area contributed by atoms with E-state index in [4.69, 9.17) is 0 Å². The Kier molecular flexibility index (Phi) is 5.34. The number of likely N-dealkylation sites (tertiary alicyclic amines) is 1. The number of carbonyl (C=O) groups is 1. The number of piperidine rings is 1. The number of benzene rings is 1. The van der Waals surface area contributed by atoms with Crippen molar-refractivity contribution < 1.29 is 4.79 Å². The van der Waals surface area contributed by atoms with Crippen LogP contribution in [0.4, 0.5) is 5.82 Å². The molecule has 0 atom stereocenters. The highest BCUT2D eigenvalue weighted by molar-refractivity contribution is 5.97. The van der Waals surface area contributed by atoms with Crippen LogP contribution in [0.2, 0.25) is 0 Å². The van der Waals surface area contributed by atoms with Gasteiger partial charge in [-0.1, -0.05) is 19.3 Å². The first-order valence-electron chi connectivity index (χ1n) is 11.1. The molecule has 1 amide bonds. The predicted molar refractivity (Wildman–Crippen MR) is 116 cm³/mol. The van der Waals surface area contributed by atoms with Crippen LogP contribution in [0.25, 0.3) is 11.0 Å². The van der Waals surface area contributed by atoms with Crippen molar-refractivity contribution in [1.29, 1.82) is 0 Å². The van der Waals surface area contributed by atoms with Gasteiger partial charge in [0.2, 0.25) is 0 Å². The Balaban J connectivity index is 1.21. The van der Waals surface area contributed by atoms with E-state index < -0.39 is 0 Å². The predicted octanol–water partition coefficient (Wildman–Crippen LogP) is 4.12. The van der Waals surface area contributed by atoms with Gasteiger partial charge in [0.25, 0.3) is 5.91 Å². The Labute approximate surface area is 176 Å². The highest BCUT2D eigenvalue weighted by atomic mass is 16.2. The smallest absolute Gasteiger partial charge is 0.253 e. The maximum atomic E-state index is 12.9. The lowest BCUT2D eigenvalue weighted by atomic mass is 9.92. The molecule has 1 aliphatic carbocycles. The first kappa shape index (κ1) is 19.0. The summed E-state index contributed by atoms with van der Waals surface area (Å²) in [5.74, 6) is 1.41. The molecule has 30 heavy (non-hydrogen) atoms. The molecular formula is C23H28N6O. The molecule has 0 bridgehead atoms. The Bertz CT molecular complexity index is 1020. The maximum absolute atomic E-state index is 12.9. The summed E-state index contributed by atoms with van der Waals surface area (Å²) in [5.41, 5.74) is 3.59. The van der Waals surface area contributed by atoms with Crippen molar-refractivity contribution in [2.24, 2.45) is 0 Å². The second-order valence-electron chi connectivity index (χ2n) is 8.51. The fourth-order valence-electron chi connectivity index (χ4n) is 4.76. The summed E-state index contributed by atoms with van der Waals surface area (Å²) in [5, 5.41) is 3.60. The zero-order chi connectivity index (χ0) is 20.3. The number of hydrogen-bond donors (Lipinski definition) is 2. The quantitative estimate of drug-likeness (QED) is 0.683. The van der Waals surface area contributed by atoms with Crippen LogP contribution < -0.4 is 5.32 Å². The van der Waals surface area contributed by atoms with E-state index in [9.17, 15) is 4.79 Å². The van der Waals surface area contributed by atoms with Gasteiger partial charge in [-0.2, -0.15) is 0 Å². The molecule has 0 spiro atoms. The summed E-state index contributed by atoms with van der Waals surface area (Å²) in [4.78, 5) is 31.2. The van der Waals surface area contributed by atoms with Gasteiger partial charge in [0.15, 0.2) is 0 Å². The Morgan fingerprint density at radius 3 is 2.67 bits per heavy atom. The van der Waals surface area contributed by atoms with Crippen LogP contribution in [0.5, 0.6) is 0 Å². The lowest BCUT2D eigenvalue weighted by Gasteiger charge is -2.32. The second-order valence-corrected chi connectivity index (χ2v) is 8.51. The van der Waals surface area contributed by atoms with Gasteiger partial charge in [0.1, 0.15) is 12.1 Å². The van der Waals surface area contributed by atoms with Crippen LogP contribution >= 0.6 is 0 Å². The van der Waals surface area contributed by atoms with Crippen LogP contribution in [0, 0.1) is 0 Å². The number of nitrogens with one attached hydrogen (secondary N) is 2. The van der Waals surface area contributed by atoms with E-state index in [2.05, 4.69) is 31.3 Å². The van der Waals surface area contributed by atoms with Gasteiger partial charge >= 0.3 is 0 Å². The minimum absolute atomic E-state index is 0.0901. The van der Waals surface area contributed by atoms with E-state index >= 15 is 0 Å². The zero-order valence-electron chi connectivity index (χ0n) is 17.2. The van der Waals surface area contributed by atoms with E-state index in [-0.39, 0.29) is 5.91 Å². The SMILES string of the molecule is O=C(c1ccc2nc[nH]c2c1)N1CCC(c2cc(NC3CCCCC3)ncn2)CC1. The number of hydrogen-bond acceptors (Lipinski definition) is 5. The minimum atomic E-state index is 0.0901. The van der Waals surface area contributed by atoms with Gasteiger partial charge in [0.05, 0.1) is 17.4 Å². The van der Waals surface area contributed by atoms with E-state index in [1.54, 1.807) is 12.7 Å². The first-order chi connectivity index (χ1) is 14.8. The summed E-state index contributed by atoms with van der Waals surface area (Å²) in [7, 11) is 0. The third-order valence-electron chi connectivity index (χ3n) is 6.51. The molecule has 1 aromatic carbocycles. The molecular weight excluding hydrogens is 376 g/mol. The van der Waals surface area contributed by atoms with Gasteiger partial charge in [-0.25, -0.2) is 15.0 Å². The molecule has 7 nitrogen and oxygen atoms in total. The first-order valence-corrected chi connectivity index (χ1v) is 11.1. The average Bonchev–Trinajstić information content (AvgIpc) is 3.28. The molecule has 2 N–H and O–H groups in total. The normalized spacial score (nSPS) is 18.6. The molecule has 7 heteroatoms. The second kappa shape index (κ2) is 8.42. The number of aromatic nitrogens is 4. The molecule has 2 aliphatic rings. The molecule has 2 aromatic heterocycles. The average molecular weight is 405 g/mol. The number of carbonyl (C=O) groups excluding carboxylic acids is 1. The van der Waals surface area contributed by atoms with Crippen molar-refractivity contribution in [2.75, 3.05) is 18.4 Å².